The van der Waals surface area contributed by atoms with E-state index in [9.17, 15) is 4.79 Å². The molecule has 4 rings (SSSR count). The molecule has 3 aromatic rings. The highest BCUT2D eigenvalue weighted by Crippen LogP contribution is 2.22. The van der Waals surface area contributed by atoms with E-state index in [1.807, 2.05) is 28.9 Å². The highest BCUT2D eigenvalue weighted by Gasteiger charge is 2.31. The van der Waals surface area contributed by atoms with Crippen LogP contribution in [0.2, 0.25) is 0 Å². The molecule has 1 aliphatic heterocycles. The molecule has 4 heterocycles. The van der Waals surface area contributed by atoms with Gasteiger partial charge in [0.25, 0.3) is 5.91 Å². The number of rotatable bonds is 3. The summed E-state index contributed by atoms with van der Waals surface area (Å²) in [5.74, 6) is 0.00470. The third-order valence-electron chi connectivity index (χ3n) is 4.31. The molecule has 7 heteroatoms. The lowest BCUT2D eigenvalue weighted by atomic mass is 10.2. The van der Waals surface area contributed by atoms with Gasteiger partial charge in [0.15, 0.2) is 5.65 Å². The predicted octanol–water partition coefficient (Wildman–Crippen LogP) is 1.54. The molecule has 0 N–H and O–H groups in total. The zero-order valence-corrected chi connectivity index (χ0v) is 13.0. The van der Waals surface area contributed by atoms with Crippen LogP contribution in [-0.4, -0.2) is 47.8 Å². The monoisotopic (exact) mass is 310 g/mol. The molecule has 1 amide bonds. The summed E-state index contributed by atoms with van der Waals surface area (Å²) in [5.41, 5.74) is 2.31. The summed E-state index contributed by atoms with van der Waals surface area (Å²) in [6.45, 7) is 3.52. The maximum absolute atomic E-state index is 12.9. The van der Waals surface area contributed by atoms with E-state index < -0.39 is 0 Å². The van der Waals surface area contributed by atoms with Gasteiger partial charge in [0.2, 0.25) is 0 Å². The molecule has 0 unspecified atom stereocenters. The van der Waals surface area contributed by atoms with E-state index in [1.165, 1.54) is 0 Å². The van der Waals surface area contributed by atoms with Crippen molar-refractivity contribution in [2.24, 2.45) is 0 Å². The summed E-state index contributed by atoms with van der Waals surface area (Å²) in [5, 5.41) is 8.55. The van der Waals surface area contributed by atoms with E-state index in [0.29, 0.717) is 11.2 Å². The SMILES string of the molecule is Cc1cnn(C[C@H]2CCCN2C(=O)c2cnn3cccnc23)c1. The Morgan fingerprint density at radius 1 is 1.35 bits per heavy atom. The molecular formula is C16H18N6O. The van der Waals surface area contributed by atoms with Gasteiger partial charge in [0, 0.05) is 25.1 Å². The Hall–Kier alpha value is -2.70. The predicted molar refractivity (Wildman–Crippen MR) is 84.0 cm³/mol. The summed E-state index contributed by atoms with van der Waals surface area (Å²) in [7, 11) is 0. The van der Waals surface area contributed by atoms with E-state index in [0.717, 1.165) is 31.5 Å². The number of carbonyl (C=O) groups excluding carboxylic acids is 1. The van der Waals surface area contributed by atoms with Crippen molar-refractivity contribution in [3.05, 3.63) is 48.2 Å². The fourth-order valence-electron chi connectivity index (χ4n) is 3.21. The van der Waals surface area contributed by atoms with E-state index in [1.54, 1.807) is 29.2 Å². The maximum atomic E-state index is 12.9. The Bertz CT molecular complexity index is 851. The van der Waals surface area contributed by atoms with Crippen LogP contribution in [0.5, 0.6) is 0 Å². The molecule has 0 spiro atoms. The van der Waals surface area contributed by atoms with Crippen LogP contribution < -0.4 is 0 Å². The molecule has 7 nitrogen and oxygen atoms in total. The number of fused-ring (bicyclic) bond motifs is 1. The summed E-state index contributed by atoms with van der Waals surface area (Å²) < 4.78 is 3.55. The van der Waals surface area contributed by atoms with Crippen molar-refractivity contribution in [3.8, 4) is 0 Å². The molecule has 3 aromatic heterocycles. The quantitative estimate of drug-likeness (QED) is 0.736. The van der Waals surface area contributed by atoms with Gasteiger partial charge in [-0.2, -0.15) is 10.2 Å². The first-order valence-electron chi connectivity index (χ1n) is 7.81. The number of carbonyl (C=O) groups is 1. The highest BCUT2D eigenvalue weighted by molar-refractivity contribution is 5.99. The van der Waals surface area contributed by atoms with Crippen LogP contribution in [0, 0.1) is 6.92 Å². The molecule has 0 aliphatic carbocycles. The van der Waals surface area contributed by atoms with Gasteiger partial charge < -0.3 is 4.90 Å². The van der Waals surface area contributed by atoms with Crippen molar-refractivity contribution in [1.82, 2.24) is 29.3 Å². The second-order valence-corrected chi connectivity index (χ2v) is 5.98. The second-order valence-electron chi connectivity index (χ2n) is 5.98. The van der Waals surface area contributed by atoms with Crippen LogP contribution in [0.1, 0.15) is 28.8 Å². The molecule has 1 saturated heterocycles. The fourth-order valence-corrected chi connectivity index (χ4v) is 3.21. The first-order chi connectivity index (χ1) is 11.2. The molecule has 0 radical (unpaired) electrons. The van der Waals surface area contributed by atoms with Crippen molar-refractivity contribution in [1.29, 1.82) is 0 Å². The Morgan fingerprint density at radius 2 is 2.26 bits per heavy atom. The number of likely N-dealkylation sites (tertiary alicyclic amines) is 1. The summed E-state index contributed by atoms with van der Waals surface area (Å²) in [6, 6.07) is 1.97. The molecular weight excluding hydrogens is 292 g/mol. The van der Waals surface area contributed by atoms with Crippen molar-refractivity contribution in [2.45, 2.75) is 32.4 Å². The van der Waals surface area contributed by atoms with Crippen LogP contribution in [-0.2, 0) is 6.54 Å². The molecule has 1 aliphatic rings. The van der Waals surface area contributed by atoms with Crippen LogP contribution >= 0.6 is 0 Å². The molecule has 1 atom stereocenters. The van der Waals surface area contributed by atoms with Crippen molar-refractivity contribution < 1.29 is 4.79 Å². The standard InChI is InChI=1S/C16H18N6O/c1-12-8-18-20(10-12)11-13-4-2-6-21(13)16(23)14-9-19-22-7-3-5-17-15(14)22/h3,5,7-10,13H,2,4,6,11H2,1H3/t13-/m1/s1. The third-order valence-corrected chi connectivity index (χ3v) is 4.31. The number of hydrogen-bond acceptors (Lipinski definition) is 4. The number of amides is 1. The molecule has 118 valence electrons. The normalized spacial score (nSPS) is 18.0. The molecule has 23 heavy (non-hydrogen) atoms. The largest absolute Gasteiger partial charge is 0.334 e. The molecule has 1 fully saturated rings. The zero-order chi connectivity index (χ0) is 15.8. The van der Waals surface area contributed by atoms with Crippen molar-refractivity contribution in [2.75, 3.05) is 6.54 Å². The number of hydrogen-bond donors (Lipinski definition) is 0. The van der Waals surface area contributed by atoms with Gasteiger partial charge in [0.05, 0.1) is 25.0 Å². The van der Waals surface area contributed by atoms with Crippen molar-refractivity contribution >= 4 is 11.6 Å². The Balaban J connectivity index is 1.59. The van der Waals surface area contributed by atoms with E-state index >= 15 is 0 Å². The van der Waals surface area contributed by atoms with E-state index in [2.05, 4.69) is 15.2 Å². The minimum atomic E-state index is 0.00470. The van der Waals surface area contributed by atoms with Crippen molar-refractivity contribution in [3.63, 3.8) is 0 Å². The smallest absolute Gasteiger partial charge is 0.259 e. The lowest BCUT2D eigenvalue weighted by Gasteiger charge is -2.24. The van der Waals surface area contributed by atoms with Crippen LogP contribution in [0.15, 0.2) is 37.1 Å². The number of aryl methyl sites for hydroxylation is 1. The first kappa shape index (κ1) is 13.9. The Morgan fingerprint density at radius 3 is 3.09 bits per heavy atom. The lowest BCUT2D eigenvalue weighted by Crippen LogP contribution is -2.38. The number of aromatic nitrogens is 5. The Labute approximate surface area is 133 Å². The average molecular weight is 310 g/mol. The van der Waals surface area contributed by atoms with E-state index in [4.69, 9.17) is 0 Å². The molecule has 0 bridgehead atoms. The molecule has 0 saturated carbocycles. The van der Waals surface area contributed by atoms with Crippen LogP contribution in [0.3, 0.4) is 0 Å². The van der Waals surface area contributed by atoms with Gasteiger partial charge in [-0.25, -0.2) is 9.50 Å². The van der Waals surface area contributed by atoms with Gasteiger partial charge >= 0.3 is 0 Å². The van der Waals surface area contributed by atoms with Gasteiger partial charge in [-0.1, -0.05) is 0 Å². The van der Waals surface area contributed by atoms with Gasteiger partial charge in [-0.05, 0) is 31.4 Å². The average Bonchev–Trinajstić information content (AvgIpc) is 3.27. The van der Waals surface area contributed by atoms with Gasteiger partial charge in [-0.15, -0.1) is 0 Å². The van der Waals surface area contributed by atoms with Crippen LogP contribution in [0.25, 0.3) is 5.65 Å². The second kappa shape index (κ2) is 5.49. The fraction of sp³-hybridized carbons (Fsp3) is 0.375. The third kappa shape index (κ3) is 2.48. The molecule has 0 aromatic carbocycles. The Kier molecular flexibility index (Phi) is 3.33. The van der Waals surface area contributed by atoms with E-state index in [-0.39, 0.29) is 11.9 Å². The summed E-state index contributed by atoms with van der Waals surface area (Å²) in [4.78, 5) is 19.1. The van der Waals surface area contributed by atoms with Gasteiger partial charge in [0.1, 0.15) is 5.56 Å². The highest BCUT2D eigenvalue weighted by atomic mass is 16.2. The van der Waals surface area contributed by atoms with Gasteiger partial charge in [-0.3, -0.25) is 9.48 Å². The topological polar surface area (TPSA) is 68.3 Å². The summed E-state index contributed by atoms with van der Waals surface area (Å²) in [6.07, 6.45) is 11.0. The maximum Gasteiger partial charge on any atom is 0.259 e. The zero-order valence-electron chi connectivity index (χ0n) is 13.0. The minimum Gasteiger partial charge on any atom is -0.334 e. The minimum absolute atomic E-state index is 0.00470. The first-order valence-corrected chi connectivity index (χ1v) is 7.81. The lowest BCUT2D eigenvalue weighted by molar-refractivity contribution is 0.0723. The summed E-state index contributed by atoms with van der Waals surface area (Å²) >= 11 is 0. The number of nitrogens with zero attached hydrogens (tertiary/aromatic N) is 6. The van der Waals surface area contributed by atoms with Crippen LogP contribution in [0.4, 0.5) is 0 Å².